The largest absolute Gasteiger partial charge is 0.343 e. The van der Waals surface area contributed by atoms with Gasteiger partial charge in [-0.25, -0.2) is 0 Å². The Labute approximate surface area is 88.1 Å². The summed E-state index contributed by atoms with van der Waals surface area (Å²) in [6, 6.07) is 4.41. The minimum Gasteiger partial charge on any atom is -0.343 e. The van der Waals surface area contributed by atoms with E-state index in [2.05, 4.69) is 33.0 Å². The van der Waals surface area contributed by atoms with E-state index in [4.69, 9.17) is 4.52 Å². The van der Waals surface area contributed by atoms with Crippen molar-refractivity contribution in [2.75, 3.05) is 7.05 Å². The van der Waals surface area contributed by atoms with E-state index in [1.807, 2.05) is 19.3 Å². The minimum atomic E-state index is 0.312. The summed E-state index contributed by atoms with van der Waals surface area (Å²) in [5, 5.41) is 6.99. The topological polar surface area (TPSA) is 55.9 Å². The number of hydrogen-bond donors (Lipinski definition) is 1. The molecular weight excluding hydrogens is 192 g/mol. The molecule has 1 N–H and O–H groups in total. The van der Waals surface area contributed by atoms with Crippen LogP contribution in [0.5, 0.6) is 0 Å². The second-order valence-electron chi connectivity index (χ2n) is 3.42. The monoisotopic (exact) mass is 206 g/mol. The Kier molecular flexibility index (Phi) is 2.82. The molecule has 0 aliphatic rings. The molecule has 0 aromatic carbocycles. The summed E-state index contributed by atoms with van der Waals surface area (Å²) in [7, 11) is 1.94. The molecule has 1 atom stereocenters. The van der Waals surface area contributed by atoms with Crippen LogP contribution in [0.3, 0.4) is 0 Å². The van der Waals surface area contributed by atoms with Gasteiger partial charge in [0.2, 0.25) is 6.39 Å². The highest BCUT2D eigenvalue weighted by molar-refractivity contribution is 5.12. The third-order valence-corrected chi connectivity index (χ3v) is 2.46. The van der Waals surface area contributed by atoms with Crippen LogP contribution >= 0.6 is 0 Å². The zero-order chi connectivity index (χ0) is 10.7. The quantitative estimate of drug-likeness (QED) is 0.816. The lowest BCUT2D eigenvalue weighted by molar-refractivity contribution is 0.407. The van der Waals surface area contributed by atoms with Crippen LogP contribution in [-0.4, -0.2) is 21.8 Å². The van der Waals surface area contributed by atoms with Crippen LogP contribution in [0.4, 0.5) is 0 Å². The fourth-order valence-electron chi connectivity index (χ4n) is 1.53. The molecule has 2 aromatic rings. The summed E-state index contributed by atoms with van der Waals surface area (Å²) < 4.78 is 6.80. The molecule has 0 saturated heterocycles. The zero-order valence-corrected chi connectivity index (χ0v) is 8.84. The Bertz CT molecular complexity index is 407. The van der Waals surface area contributed by atoms with Gasteiger partial charge in [0.25, 0.3) is 0 Å². The number of hydrogen-bond acceptors (Lipinski definition) is 4. The average molecular weight is 206 g/mol. The molecule has 0 aliphatic carbocycles. The second-order valence-corrected chi connectivity index (χ2v) is 3.42. The van der Waals surface area contributed by atoms with Crippen molar-refractivity contribution in [2.24, 2.45) is 0 Å². The van der Waals surface area contributed by atoms with Crippen molar-refractivity contribution in [1.29, 1.82) is 0 Å². The summed E-state index contributed by atoms with van der Waals surface area (Å²) in [5.74, 6) is 0.691. The molecule has 2 rings (SSSR count). The van der Waals surface area contributed by atoms with E-state index in [-0.39, 0.29) is 0 Å². The molecule has 0 radical (unpaired) electrons. The average Bonchev–Trinajstić information content (AvgIpc) is 2.88. The van der Waals surface area contributed by atoms with E-state index in [0.717, 1.165) is 0 Å². The Morgan fingerprint density at radius 3 is 3.13 bits per heavy atom. The van der Waals surface area contributed by atoms with Crippen LogP contribution in [0, 0.1) is 0 Å². The minimum absolute atomic E-state index is 0.312. The van der Waals surface area contributed by atoms with Gasteiger partial charge in [0, 0.05) is 17.9 Å². The predicted octanol–water partition coefficient (Wildman–Crippen LogP) is 1.20. The summed E-state index contributed by atoms with van der Waals surface area (Å²) in [6.07, 6.45) is 3.36. The third-order valence-electron chi connectivity index (χ3n) is 2.46. The Hall–Kier alpha value is -1.62. The van der Waals surface area contributed by atoms with Crippen LogP contribution in [0.25, 0.3) is 0 Å². The second kappa shape index (κ2) is 4.27. The molecule has 0 amide bonds. The normalized spacial score (nSPS) is 12.9. The first-order chi connectivity index (χ1) is 7.31. The van der Waals surface area contributed by atoms with E-state index in [1.54, 1.807) is 0 Å². The molecule has 80 valence electrons. The molecule has 5 heteroatoms. The van der Waals surface area contributed by atoms with Gasteiger partial charge in [0.15, 0.2) is 5.82 Å². The lowest BCUT2D eigenvalue weighted by Crippen LogP contribution is -2.17. The SMILES string of the molecule is CNC(C)c1cccn1Cc1ncon1. The van der Waals surface area contributed by atoms with Gasteiger partial charge in [-0.2, -0.15) is 4.98 Å². The fraction of sp³-hybridized carbons (Fsp3) is 0.400. The summed E-state index contributed by atoms with van der Waals surface area (Å²) in [4.78, 5) is 4.00. The number of nitrogens with zero attached hydrogens (tertiary/aromatic N) is 3. The lowest BCUT2D eigenvalue weighted by atomic mass is 10.2. The molecule has 15 heavy (non-hydrogen) atoms. The molecule has 2 aromatic heterocycles. The fourth-order valence-corrected chi connectivity index (χ4v) is 1.53. The number of aromatic nitrogens is 3. The maximum Gasteiger partial charge on any atom is 0.213 e. The first-order valence-electron chi connectivity index (χ1n) is 4.89. The lowest BCUT2D eigenvalue weighted by Gasteiger charge is -2.13. The van der Waals surface area contributed by atoms with Crippen molar-refractivity contribution < 1.29 is 4.52 Å². The van der Waals surface area contributed by atoms with Gasteiger partial charge in [-0.05, 0) is 26.1 Å². The number of rotatable bonds is 4. The van der Waals surface area contributed by atoms with Gasteiger partial charge in [0.05, 0.1) is 6.54 Å². The zero-order valence-electron chi connectivity index (χ0n) is 8.84. The highest BCUT2D eigenvalue weighted by Gasteiger charge is 2.09. The van der Waals surface area contributed by atoms with Crippen molar-refractivity contribution in [3.63, 3.8) is 0 Å². The van der Waals surface area contributed by atoms with Gasteiger partial charge in [0.1, 0.15) is 0 Å². The molecule has 5 nitrogen and oxygen atoms in total. The van der Waals surface area contributed by atoms with Crippen LogP contribution in [0.1, 0.15) is 24.5 Å². The smallest absolute Gasteiger partial charge is 0.213 e. The molecule has 0 saturated carbocycles. The van der Waals surface area contributed by atoms with Crippen molar-refractivity contribution in [3.8, 4) is 0 Å². The van der Waals surface area contributed by atoms with E-state index in [0.29, 0.717) is 18.4 Å². The Balaban J connectivity index is 2.18. The van der Waals surface area contributed by atoms with Gasteiger partial charge in [-0.15, -0.1) is 0 Å². The standard InChI is InChI=1S/C10H14N4O/c1-8(11-2)9-4-3-5-14(9)6-10-12-7-15-13-10/h3-5,7-8,11H,6H2,1-2H3. The van der Waals surface area contributed by atoms with Crippen molar-refractivity contribution in [2.45, 2.75) is 19.5 Å². The highest BCUT2D eigenvalue weighted by atomic mass is 16.5. The number of nitrogens with one attached hydrogen (secondary N) is 1. The molecule has 0 spiro atoms. The van der Waals surface area contributed by atoms with Crippen molar-refractivity contribution in [3.05, 3.63) is 36.2 Å². The van der Waals surface area contributed by atoms with Crippen LogP contribution < -0.4 is 5.32 Å². The van der Waals surface area contributed by atoms with Crippen LogP contribution in [-0.2, 0) is 6.54 Å². The Morgan fingerprint density at radius 2 is 2.47 bits per heavy atom. The van der Waals surface area contributed by atoms with Crippen LogP contribution in [0.2, 0.25) is 0 Å². The van der Waals surface area contributed by atoms with E-state index in [1.165, 1.54) is 12.1 Å². The molecule has 0 fully saturated rings. The first kappa shape index (κ1) is 9.92. The van der Waals surface area contributed by atoms with Gasteiger partial charge in [-0.3, -0.25) is 0 Å². The summed E-state index contributed by atoms with van der Waals surface area (Å²) in [5.41, 5.74) is 1.21. The molecule has 0 bridgehead atoms. The van der Waals surface area contributed by atoms with Crippen molar-refractivity contribution >= 4 is 0 Å². The molecule has 0 aliphatic heterocycles. The van der Waals surface area contributed by atoms with E-state index < -0.39 is 0 Å². The molecular formula is C10H14N4O. The predicted molar refractivity (Wildman–Crippen MR) is 55.3 cm³/mol. The van der Waals surface area contributed by atoms with Gasteiger partial charge < -0.3 is 14.4 Å². The Morgan fingerprint density at radius 1 is 1.60 bits per heavy atom. The summed E-state index contributed by atoms with van der Waals surface area (Å²) in [6.45, 7) is 2.76. The maximum absolute atomic E-state index is 4.70. The molecule has 2 heterocycles. The van der Waals surface area contributed by atoms with E-state index in [9.17, 15) is 0 Å². The summed E-state index contributed by atoms with van der Waals surface area (Å²) >= 11 is 0. The van der Waals surface area contributed by atoms with Crippen molar-refractivity contribution in [1.82, 2.24) is 20.0 Å². The maximum atomic E-state index is 4.70. The third kappa shape index (κ3) is 2.07. The first-order valence-corrected chi connectivity index (χ1v) is 4.89. The van der Waals surface area contributed by atoms with E-state index >= 15 is 0 Å². The highest BCUT2D eigenvalue weighted by Crippen LogP contribution is 2.13. The van der Waals surface area contributed by atoms with Gasteiger partial charge in [-0.1, -0.05) is 5.16 Å². The molecule has 1 unspecified atom stereocenters. The van der Waals surface area contributed by atoms with Crippen LogP contribution in [0.15, 0.2) is 29.2 Å². The van der Waals surface area contributed by atoms with Gasteiger partial charge >= 0.3 is 0 Å².